The zero-order valence-corrected chi connectivity index (χ0v) is 15.3. The second-order valence-corrected chi connectivity index (χ2v) is 6.61. The number of unbranched alkanes of at least 4 members (excludes halogenated alkanes) is 1. The molecule has 26 heavy (non-hydrogen) atoms. The van der Waals surface area contributed by atoms with Gasteiger partial charge in [-0.25, -0.2) is 0 Å². The largest absolute Gasteiger partial charge is 0.481 e. The van der Waals surface area contributed by atoms with Crippen LogP contribution >= 0.6 is 0 Å². The van der Waals surface area contributed by atoms with Crippen LogP contribution in [0.25, 0.3) is 0 Å². The fourth-order valence-corrected chi connectivity index (χ4v) is 2.92. The van der Waals surface area contributed by atoms with Gasteiger partial charge in [0.15, 0.2) is 0 Å². The van der Waals surface area contributed by atoms with Gasteiger partial charge in [-0.1, -0.05) is 13.3 Å². The average Bonchev–Trinajstić information content (AvgIpc) is 2.83. The monoisotopic (exact) mass is 360 g/mol. The third kappa shape index (κ3) is 3.92. The molecule has 7 heteroatoms. The predicted molar refractivity (Wildman–Crippen MR) is 95.1 cm³/mol. The molecule has 1 heterocycles. The van der Waals surface area contributed by atoms with E-state index in [4.69, 9.17) is 5.11 Å². The number of carboxylic acids is 1. The lowest BCUT2D eigenvalue weighted by Gasteiger charge is -2.26. The number of amides is 3. The second-order valence-electron chi connectivity index (χ2n) is 6.61. The number of aliphatic carboxylic acids is 1. The SMILES string of the molecule is CCCCN1C(=O)c2ccc(C(=O)N(CCC(=O)O)C(C)C)cc2C1=O. The van der Waals surface area contributed by atoms with E-state index in [1.807, 2.05) is 6.92 Å². The van der Waals surface area contributed by atoms with Crippen LogP contribution in [-0.2, 0) is 4.79 Å². The van der Waals surface area contributed by atoms with E-state index >= 15 is 0 Å². The van der Waals surface area contributed by atoms with Gasteiger partial charge in [0, 0.05) is 24.7 Å². The summed E-state index contributed by atoms with van der Waals surface area (Å²) in [6.45, 7) is 6.02. The van der Waals surface area contributed by atoms with Gasteiger partial charge in [0.1, 0.15) is 0 Å². The standard InChI is InChI=1S/C19H24N2O5/c1-4-5-9-21-18(25)14-7-6-13(11-15(14)19(21)26)17(24)20(12(2)3)10-8-16(22)23/h6-7,11-12H,4-5,8-10H2,1-3H3,(H,22,23). The molecule has 0 aromatic heterocycles. The molecule has 1 N–H and O–H groups in total. The zero-order chi connectivity index (χ0) is 19.4. The van der Waals surface area contributed by atoms with Crippen LogP contribution in [0.3, 0.4) is 0 Å². The molecular formula is C19H24N2O5. The van der Waals surface area contributed by atoms with Gasteiger partial charge in [-0.15, -0.1) is 0 Å². The number of nitrogens with zero attached hydrogens (tertiary/aromatic N) is 2. The Hall–Kier alpha value is -2.70. The highest BCUT2D eigenvalue weighted by Crippen LogP contribution is 2.25. The number of benzene rings is 1. The molecule has 0 atom stereocenters. The summed E-state index contributed by atoms with van der Waals surface area (Å²) in [5.74, 6) is -2.04. The Morgan fingerprint density at radius 3 is 2.38 bits per heavy atom. The summed E-state index contributed by atoms with van der Waals surface area (Å²) in [6, 6.07) is 4.28. The van der Waals surface area contributed by atoms with Gasteiger partial charge in [-0.3, -0.25) is 24.1 Å². The van der Waals surface area contributed by atoms with E-state index in [-0.39, 0.29) is 47.9 Å². The van der Waals surface area contributed by atoms with Crippen molar-refractivity contribution < 1.29 is 24.3 Å². The summed E-state index contributed by atoms with van der Waals surface area (Å²) < 4.78 is 0. The van der Waals surface area contributed by atoms with E-state index in [1.54, 1.807) is 13.8 Å². The van der Waals surface area contributed by atoms with Gasteiger partial charge in [0.2, 0.25) is 0 Å². The molecule has 0 saturated carbocycles. The predicted octanol–water partition coefficient (Wildman–Crippen LogP) is 2.41. The molecule has 0 unspecified atom stereocenters. The van der Waals surface area contributed by atoms with E-state index in [2.05, 4.69) is 0 Å². The average molecular weight is 360 g/mol. The van der Waals surface area contributed by atoms with Crippen LogP contribution in [0.4, 0.5) is 0 Å². The molecule has 3 amide bonds. The highest BCUT2D eigenvalue weighted by molar-refractivity contribution is 6.22. The molecule has 0 saturated heterocycles. The van der Waals surface area contributed by atoms with Crippen LogP contribution in [0, 0.1) is 0 Å². The highest BCUT2D eigenvalue weighted by atomic mass is 16.4. The van der Waals surface area contributed by atoms with E-state index < -0.39 is 5.97 Å². The first-order valence-corrected chi connectivity index (χ1v) is 8.80. The Bertz CT molecular complexity index is 741. The number of hydrogen-bond acceptors (Lipinski definition) is 4. The molecule has 1 aromatic carbocycles. The van der Waals surface area contributed by atoms with Gasteiger partial charge >= 0.3 is 5.97 Å². The van der Waals surface area contributed by atoms with Gasteiger partial charge in [-0.2, -0.15) is 0 Å². The van der Waals surface area contributed by atoms with E-state index in [0.29, 0.717) is 12.1 Å². The van der Waals surface area contributed by atoms with Crippen molar-refractivity contribution >= 4 is 23.7 Å². The first kappa shape index (κ1) is 19.6. The summed E-state index contributed by atoms with van der Waals surface area (Å²) >= 11 is 0. The lowest BCUT2D eigenvalue weighted by molar-refractivity contribution is -0.137. The number of carbonyl (C=O) groups excluding carboxylic acids is 3. The van der Waals surface area contributed by atoms with Crippen molar-refractivity contribution in [3.05, 3.63) is 34.9 Å². The maximum absolute atomic E-state index is 12.8. The maximum atomic E-state index is 12.8. The molecular weight excluding hydrogens is 336 g/mol. The Morgan fingerprint density at radius 2 is 1.81 bits per heavy atom. The molecule has 140 valence electrons. The normalized spacial score (nSPS) is 13.3. The summed E-state index contributed by atoms with van der Waals surface area (Å²) in [6.07, 6.45) is 1.44. The van der Waals surface area contributed by atoms with E-state index in [0.717, 1.165) is 12.8 Å². The smallest absolute Gasteiger partial charge is 0.305 e. The quantitative estimate of drug-likeness (QED) is 0.718. The Balaban J connectivity index is 2.27. The van der Waals surface area contributed by atoms with Crippen molar-refractivity contribution in [1.82, 2.24) is 9.80 Å². The van der Waals surface area contributed by atoms with Crippen LogP contribution in [0.1, 0.15) is 71.1 Å². The lowest BCUT2D eigenvalue weighted by Crippen LogP contribution is -2.38. The number of fused-ring (bicyclic) bond motifs is 1. The molecule has 0 fully saturated rings. The van der Waals surface area contributed by atoms with Gasteiger partial charge in [0.25, 0.3) is 17.7 Å². The maximum Gasteiger partial charge on any atom is 0.305 e. The Morgan fingerprint density at radius 1 is 1.15 bits per heavy atom. The fraction of sp³-hybridized carbons (Fsp3) is 0.474. The number of imide groups is 1. The Kier molecular flexibility index (Phi) is 6.13. The fourth-order valence-electron chi connectivity index (χ4n) is 2.92. The van der Waals surface area contributed by atoms with Crippen molar-refractivity contribution in [2.24, 2.45) is 0 Å². The first-order valence-electron chi connectivity index (χ1n) is 8.80. The third-order valence-electron chi connectivity index (χ3n) is 4.40. The van der Waals surface area contributed by atoms with Crippen molar-refractivity contribution in [2.75, 3.05) is 13.1 Å². The zero-order valence-electron chi connectivity index (χ0n) is 15.3. The van der Waals surface area contributed by atoms with Crippen LogP contribution in [0.2, 0.25) is 0 Å². The number of hydrogen-bond donors (Lipinski definition) is 1. The number of rotatable bonds is 8. The lowest BCUT2D eigenvalue weighted by atomic mass is 10.0. The Labute approximate surface area is 152 Å². The van der Waals surface area contributed by atoms with Crippen molar-refractivity contribution in [3.8, 4) is 0 Å². The highest BCUT2D eigenvalue weighted by Gasteiger charge is 2.35. The molecule has 0 radical (unpaired) electrons. The van der Waals surface area contributed by atoms with Gasteiger partial charge < -0.3 is 10.0 Å². The first-order chi connectivity index (χ1) is 12.3. The minimum atomic E-state index is -0.982. The van der Waals surface area contributed by atoms with Crippen molar-refractivity contribution in [1.29, 1.82) is 0 Å². The molecule has 1 aromatic rings. The van der Waals surface area contributed by atoms with Crippen LogP contribution in [-0.4, -0.2) is 57.7 Å². The number of carbonyl (C=O) groups is 4. The molecule has 0 aliphatic carbocycles. The summed E-state index contributed by atoms with van der Waals surface area (Å²) in [5, 5.41) is 8.86. The molecule has 2 rings (SSSR count). The molecule has 1 aliphatic rings. The number of carboxylic acid groups (broad SMARTS) is 1. The summed E-state index contributed by atoms with van der Waals surface area (Å²) in [4.78, 5) is 51.1. The minimum absolute atomic E-state index is 0.0818. The summed E-state index contributed by atoms with van der Waals surface area (Å²) in [7, 11) is 0. The van der Waals surface area contributed by atoms with Gasteiger partial charge in [-0.05, 0) is 38.5 Å². The van der Waals surface area contributed by atoms with Crippen molar-refractivity contribution in [3.63, 3.8) is 0 Å². The summed E-state index contributed by atoms with van der Waals surface area (Å²) in [5.41, 5.74) is 0.824. The van der Waals surface area contributed by atoms with Crippen LogP contribution in [0.5, 0.6) is 0 Å². The van der Waals surface area contributed by atoms with Crippen LogP contribution < -0.4 is 0 Å². The minimum Gasteiger partial charge on any atom is -0.481 e. The third-order valence-corrected chi connectivity index (χ3v) is 4.40. The molecule has 0 bridgehead atoms. The topological polar surface area (TPSA) is 95.0 Å². The van der Waals surface area contributed by atoms with E-state index in [9.17, 15) is 19.2 Å². The molecule has 1 aliphatic heterocycles. The molecule has 7 nitrogen and oxygen atoms in total. The molecule has 0 spiro atoms. The van der Waals surface area contributed by atoms with Crippen LogP contribution in [0.15, 0.2) is 18.2 Å². The van der Waals surface area contributed by atoms with E-state index in [1.165, 1.54) is 28.0 Å². The van der Waals surface area contributed by atoms with Gasteiger partial charge in [0.05, 0.1) is 17.5 Å². The van der Waals surface area contributed by atoms with Crippen molar-refractivity contribution in [2.45, 2.75) is 46.1 Å². The second kappa shape index (κ2) is 8.12.